The van der Waals surface area contributed by atoms with E-state index in [2.05, 4.69) is 35.0 Å². The lowest BCUT2D eigenvalue weighted by molar-refractivity contribution is 0.456. The lowest BCUT2D eigenvalue weighted by atomic mass is 10.2. The van der Waals surface area contributed by atoms with Crippen LogP contribution in [0.2, 0.25) is 0 Å². The molecule has 0 N–H and O–H groups in total. The predicted octanol–water partition coefficient (Wildman–Crippen LogP) is 3.84. The minimum atomic E-state index is 0.550. The van der Waals surface area contributed by atoms with Gasteiger partial charge in [0.2, 0.25) is 0 Å². The Morgan fingerprint density at radius 1 is 1.32 bits per heavy atom. The van der Waals surface area contributed by atoms with Crippen LogP contribution in [-0.4, -0.2) is 11.0 Å². The summed E-state index contributed by atoms with van der Waals surface area (Å²) in [5, 5.41) is 8.89. The molecular weight excluding hydrogens is 274 g/mol. The third-order valence-corrected chi connectivity index (χ3v) is 4.64. The third-order valence-electron chi connectivity index (χ3n) is 4.64. The molecule has 2 fully saturated rings. The minimum Gasteiger partial charge on any atom is -0.464 e. The van der Waals surface area contributed by atoms with Crippen LogP contribution in [0, 0.1) is 17.2 Å². The van der Waals surface area contributed by atoms with Gasteiger partial charge in [0, 0.05) is 18.2 Å². The highest BCUT2D eigenvalue weighted by molar-refractivity contribution is 5.44. The van der Waals surface area contributed by atoms with Gasteiger partial charge in [-0.25, -0.2) is 4.98 Å². The van der Waals surface area contributed by atoms with E-state index < -0.39 is 0 Å². The molecule has 0 unspecified atom stereocenters. The Hall–Kier alpha value is -2.28. The first-order valence-corrected chi connectivity index (χ1v) is 7.96. The number of rotatable bonds is 5. The standard InChI is InChI=1S/C18H19N3O/c1-12-8-16(12)17-6-5-15(22-17)11-21(14-3-4-14)18-7-2-13(9-19)10-20-18/h2,5-7,10,12,14,16H,3-4,8,11H2,1H3/t12-,16-/m0/s1. The molecule has 0 spiro atoms. The molecule has 4 heteroatoms. The Balaban J connectivity index is 1.52. The van der Waals surface area contributed by atoms with Crippen LogP contribution in [0.15, 0.2) is 34.9 Å². The molecule has 2 aromatic heterocycles. The first-order valence-electron chi connectivity index (χ1n) is 7.96. The molecule has 2 atom stereocenters. The van der Waals surface area contributed by atoms with Crippen LogP contribution in [0.1, 0.15) is 49.2 Å². The van der Waals surface area contributed by atoms with Crippen LogP contribution in [0.25, 0.3) is 0 Å². The average molecular weight is 293 g/mol. The Labute approximate surface area is 130 Å². The van der Waals surface area contributed by atoms with E-state index in [9.17, 15) is 0 Å². The number of anilines is 1. The van der Waals surface area contributed by atoms with Gasteiger partial charge in [-0.3, -0.25) is 0 Å². The van der Waals surface area contributed by atoms with Crippen molar-refractivity contribution in [3.05, 3.63) is 47.5 Å². The van der Waals surface area contributed by atoms with E-state index >= 15 is 0 Å². The van der Waals surface area contributed by atoms with Crippen molar-refractivity contribution in [2.24, 2.45) is 5.92 Å². The minimum absolute atomic E-state index is 0.550. The summed E-state index contributed by atoms with van der Waals surface area (Å²) in [5.74, 6) is 4.45. The molecule has 2 heterocycles. The van der Waals surface area contributed by atoms with E-state index in [0.717, 1.165) is 29.8 Å². The highest BCUT2D eigenvalue weighted by Crippen LogP contribution is 2.47. The van der Waals surface area contributed by atoms with Crippen molar-refractivity contribution >= 4 is 5.82 Å². The number of furan rings is 1. The lowest BCUT2D eigenvalue weighted by Gasteiger charge is -2.22. The summed E-state index contributed by atoms with van der Waals surface area (Å²) in [4.78, 5) is 6.73. The maximum Gasteiger partial charge on any atom is 0.129 e. The fourth-order valence-electron chi connectivity index (χ4n) is 2.97. The molecule has 4 nitrogen and oxygen atoms in total. The largest absolute Gasteiger partial charge is 0.464 e. The van der Waals surface area contributed by atoms with Gasteiger partial charge in [0.1, 0.15) is 23.4 Å². The van der Waals surface area contributed by atoms with Gasteiger partial charge in [-0.15, -0.1) is 0 Å². The average Bonchev–Trinajstić information content (AvgIpc) is 3.46. The molecule has 0 amide bonds. The molecule has 4 rings (SSSR count). The van der Waals surface area contributed by atoms with Gasteiger partial charge in [-0.05, 0) is 49.4 Å². The van der Waals surface area contributed by atoms with Crippen LogP contribution in [0.5, 0.6) is 0 Å². The summed E-state index contributed by atoms with van der Waals surface area (Å²) in [6.45, 7) is 3.02. The molecular formula is C18H19N3O. The Morgan fingerprint density at radius 3 is 2.73 bits per heavy atom. The first-order chi connectivity index (χ1) is 10.7. The molecule has 0 aliphatic heterocycles. The number of hydrogen-bond acceptors (Lipinski definition) is 4. The van der Waals surface area contributed by atoms with Crippen molar-refractivity contribution < 1.29 is 4.42 Å². The summed E-state index contributed by atoms with van der Waals surface area (Å²) in [6.07, 6.45) is 5.30. The topological polar surface area (TPSA) is 53.1 Å². The van der Waals surface area contributed by atoms with Crippen molar-refractivity contribution in [1.29, 1.82) is 5.26 Å². The fraction of sp³-hybridized carbons (Fsp3) is 0.444. The third kappa shape index (κ3) is 2.59. The molecule has 22 heavy (non-hydrogen) atoms. The number of pyridine rings is 1. The van der Waals surface area contributed by atoms with Gasteiger partial charge in [0.15, 0.2) is 0 Å². The highest BCUT2D eigenvalue weighted by Gasteiger charge is 2.37. The normalized spacial score (nSPS) is 23.1. The molecule has 0 bridgehead atoms. The second-order valence-electron chi connectivity index (χ2n) is 6.50. The summed E-state index contributed by atoms with van der Waals surface area (Å²) in [6, 6.07) is 10.7. The van der Waals surface area contributed by atoms with Crippen molar-refractivity contribution in [2.45, 2.75) is 44.7 Å². The zero-order valence-electron chi connectivity index (χ0n) is 12.7. The smallest absolute Gasteiger partial charge is 0.129 e. The fourth-order valence-corrected chi connectivity index (χ4v) is 2.97. The van der Waals surface area contributed by atoms with E-state index in [1.165, 1.54) is 19.3 Å². The Morgan fingerprint density at radius 2 is 2.14 bits per heavy atom. The number of nitriles is 1. The van der Waals surface area contributed by atoms with Gasteiger partial charge in [-0.1, -0.05) is 6.92 Å². The van der Waals surface area contributed by atoms with E-state index in [1.54, 1.807) is 6.20 Å². The van der Waals surface area contributed by atoms with Crippen molar-refractivity contribution in [3.63, 3.8) is 0 Å². The van der Waals surface area contributed by atoms with E-state index in [-0.39, 0.29) is 0 Å². The monoisotopic (exact) mass is 293 g/mol. The molecule has 2 aromatic rings. The van der Waals surface area contributed by atoms with Gasteiger partial charge in [0.05, 0.1) is 12.1 Å². The van der Waals surface area contributed by atoms with E-state index in [0.29, 0.717) is 17.5 Å². The quantitative estimate of drug-likeness (QED) is 0.840. The first kappa shape index (κ1) is 13.4. The van der Waals surface area contributed by atoms with Crippen molar-refractivity contribution in [3.8, 4) is 6.07 Å². The van der Waals surface area contributed by atoms with E-state index in [1.807, 2.05) is 12.1 Å². The van der Waals surface area contributed by atoms with Crippen LogP contribution >= 0.6 is 0 Å². The molecule has 2 aliphatic rings. The molecule has 0 radical (unpaired) electrons. The molecule has 0 aromatic carbocycles. The Bertz CT molecular complexity index is 709. The Kier molecular flexibility index (Phi) is 3.15. The van der Waals surface area contributed by atoms with Gasteiger partial charge in [0.25, 0.3) is 0 Å². The number of hydrogen-bond donors (Lipinski definition) is 0. The number of nitrogens with zero attached hydrogens (tertiary/aromatic N) is 3. The SMILES string of the molecule is C[C@H]1C[C@@H]1c1ccc(CN(c2ccc(C#N)cn2)C2CC2)o1. The lowest BCUT2D eigenvalue weighted by Crippen LogP contribution is -2.25. The zero-order valence-corrected chi connectivity index (χ0v) is 12.7. The van der Waals surface area contributed by atoms with Gasteiger partial charge >= 0.3 is 0 Å². The van der Waals surface area contributed by atoms with E-state index in [4.69, 9.17) is 9.68 Å². The van der Waals surface area contributed by atoms with Crippen LogP contribution < -0.4 is 4.90 Å². The van der Waals surface area contributed by atoms with Gasteiger partial charge < -0.3 is 9.32 Å². The molecule has 2 aliphatic carbocycles. The van der Waals surface area contributed by atoms with Crippen LogP contribution in [0.3, 0.4) is 0 Å². The van der Waals surface area contributed by atoms with Crippen LogP contribution in [0.4, 0.5) is 5.82 Å². The molecule has 112 valence electrons. The summed E-state index contributed by atoms with van der Waals surface area (Å²) >= 11 is 0. The van der Waals surface area contributed by atoms with Crippen molar-refractivity contribution in [2.75, 3.05) is 4.90 Å². The highest BCUT2D eigenvalue weighted by atomic mass is 16.3. The van der Waals surface area contributed by atoms with Gasteiger partial charge in [-0.2, -0.15) is 5.26 Å². The van der Waals surface area contributed by atoms with Crippen molar-refractivity contribution in [1.82, 2.24) is 4.98 Å². The number of aromatic nitrogens is 1. The maximum atomic E-state index is 8.89. The summed E-state index contributed by atoms with van der Waals surface area (Å²) < 4.78 is 6.03. The zero-order chi connectivity index (χ0) is 15.1. The maximum absolute atomic E-state index is 8.89. The van der Waals surface area contributed by atoms with Crippen LogP contribution in [-0.2, 0) is 6.54 Å². The summed E-state index contributed by atoms with van der Waals surface area (Å²) in [7, 11) is 0. The second-order valence-corrected chi connectivity index (χ2v) is 6.50. The second kappa shape index (κ2) is 5.17. The molecule has 0 saturated heterocycles. The summed E-state index contributed by atoms with van der Waals surface area (Å²) in [5.41, 5.74) is 0.600. The molecule has 2 saturated carbocycles. The predicted molar refractivity (Wildman–Crippen MR) is 83.4 cm³/mol.